The van der Waals surface area contributed by atoms with Crippen molar-refractivity contribution in [1.82, 2.24) is 15.1 Å². The van der Waals surface area contributed by atoms with Crippen molar-refractivity contribution < 1.29 is 9.53 Å². The second-order valence-electron chi connectivity index (χ2n) is 4.18. The van der Waals surface area contributed by atoms with Crippen LogP contribution in [0.2, 0.25) is 0 Å². The number of aryl methyl sites for hydroxylation is 1. The summed E-state index contributed by atoms with van der Waals surface area (Å²) >= 11 is 1.63. The van der Waals surface area contributed by atoms with Crippen molar-refractivity contribution >= 4 is 17.3 Å². The van der Waals surface area contributed by atoms with Gasteiger partial charge >= 0.3 is 5.97 Å². The number of ether oxygens (including phenoxy) is 1. The zero-order chi connectivity index (χ0) is 13.7. The smallest absolute Gasteiger partial charge is 0.307 e. The molecule has 0 bridgehead atoms. The highest BCUT2D eigenvalue weighted by molar-refractivity contribution is 7.10. The van der Waals surface area contributed by atoms with Gasteiger partial charge in [-0.15, -0.1) is 11.3 Å². The molecule has 0 radical (unpaired) electrons. The van der Waals surface area contributed by atoms with Gasteiger partial charge in [0.05, 0.1) is 25.3 Å². The number of carbonyl (C=O) groups excluding carboxylic acids is 1. The van der Waals surface area contributed by atoms with Crippen LogP contribution in [-0.4, -0.2) is 22.9 Å². The highest BCUT2D eigenvalue weighted by Crippen LogP contribution is 2.22. The Morgan fingerprint density at radius 2 is 2.42 bits per heavy atom. The predicted molar refractivity (Wildman–Crippen MR) is 73.7 cm³/mol. The van der Waals surface area contributed by atoms with Crippen LogP contribution in [0.1, 0.15) is 23.0 Å². The molecule has 0 aliphatic rings. The standard InChI is InChI=1S/C13H17N3O2S/c1-16-10(5-6-15-16)9-14-11(8-13(17)18-2)12-4-3-7-19-12/h3-7,11,14H,8-9H2,1-2H3. The highest BCUT2D eigenvalue weighted by Gasteiger charge is 2.17. The van der Waals surface area contributed by atoms with Crippen molar-refractivity contribution in [1.29, 1.82) is 0 Å². The van der Waals surface area contributed by atoms with Crippen molar-refractivity contribution in [2.45, 2.75) is 19.0 Å². The van der Waals surface area contributed by atoms with Gasteiger partial charge in [-0.25, -0.2) is 0 Å². The van der Waals surface area contributed by atoms with E-state index in [1.54, 1.807) is 17.5 Å². The van der Waals surface area contributed by atoms with E-state index in [1.807, 2.05) is 35.3 Å². The molecule has 0 fully saturated rings. The fourth-order valence-corrected chi connectivity index (χ4v) is 2.62. The van der Waals surface area contributed by atoms with Crippen LogP contribution in [0.15, 0.2) is 29.8 Å². The lowest BCUT2D eigenvalue weighted by Crippen LogP contribution is -2.24. The first-order valence-electron chi connectivity index (χ1n) is 6.01. The minimum absolute atomic E-state index is 0.0256. The molecule has 1 atom stereocenters. The predicted octanol–water partition coefficient (Wildman–Crippen LogP) is 1.88. The summed E-state index contributed by atoms with van der Waals surface area (Å²) in [5, 5.41) is 9.51. The van der Waals surface area contributed by atoms with E-state index in [9.17, 15) is 4.79 Å². The molecule has 0 spiro atoms. The first kappa shape index (κ1) is 13.8. The molecule has 2 aromatic rings. The minimum atomic E-state index is -0.212. The Hall–Kier alpha value is -1.66. The average molecular weight is 279 g/mol. The second-order valence-corrected chi connectivity index (χ2v) is 5.15. The molecule has 2 aromatic heterocycles. The van der Waals surface area contributed by atoms with Crippen LogP contribution >= 0.6 is 11.3 Å². The van der Waals surface area contributed by atoms with Gasteiger partial charge < -0.3 is 10.1 Å². The third kappa shape index (κ3) is 3.65. The van der Waals surface area contributed by atoms with Crippen LogP contribution < -0.4 is 5.32 Å². The van der Waals surface area contributed by atoms with Crippen LogP contribution in [-0.2, 0) is 23.1 Å². The van der Waals surface area contributed by atoms with Gasteiger partial charge in [0.2, 0.25) is 0 Å². The summed E-state index contributed by atoms with van der Waals surface area (Å²) in [5.74, 6) is -0.212. The first-order chi connectivity index (χ1) is 9.20. The van der Waals surface area contributed by atoms with Crippen LogP contribution in [0.4, 0.5) is 0 Å². The molecule has 0 saturated carbocycles. The molecule has 6 heteroatoms. The van der Waals surface area contributed by atoms with Crippen molar-refractivity contribution in [2.75, 3.05) is 7.11 Å². The summed E-state index contributed by atoms with van der Waals surface area (Å²) in [6, 6.07) is 5.93. The maximum atomic E-state index is 11.5. The minimum Gasteiger partial charge on any atom is -0.469 e. The second kappa shape index (κ2) is 6.49. The number of hydrogen-bond acceptors (Lipinski definition) is 5. The summed E-state index contributed by atoms with van der Waals surface area (Å²) in [6.45, 7) is 0.663. The summed E-state index contributed by atoms with van der Waals surface area (Å²) in [4.78, 5) is 12.6. The van der Waals surface area contributed by atoms with E-state index in [4.69, 9.17) is 4.74 Å². The van der Waals surface area contributed by atoms with E-state index in [0.717, 1.165) is 10.6 Å². The Labute approximate surface area is 116 Å². The molecular weight excluding hydrogens is 262 g/mol. The number of rotatable bonds is 6. The number of esters is 1. The number of thiophene rings is 1. The molecule has 2 heterocycles. The van der Waals surface area contributed by atoms with Crippen LogP contribution in [0.3, 0.4) is 0 Å². The van der Waals surface area contributed by atoms with Gasteiger partial charge in [0.25, 0.3) is 0 Å². The Morgan fingerprint density at radius 1 is 1.58 bits per heavy atom. The Balaban J connectivity index is 2.02. The van der Waals surface area contributed by atoms with Gasteiger partial charge in [-0.3, -0.25) is 9.48 Å². The molecule has 5 nitrogen and oxygen atoms in total. The Morgan fingerprint density at radius 3 is 3.00 bits per heavy atom. The van der Waals surface area contributed by atoms with Gasteiger partial charge in [-0.1, -0.05) is 6.07 Å². The van der Waals surface area contributed by atoms with Gasteiger partial charge in [-0.05, 0) is 17.5 Å². The lowest BCUT2D eigenvalue weighted by Gasteiger charge is -2.16. The monoisotopic (exact) mass is 279 g/mol. The molecule has 0 aromatic carbocycles. The molecule has 19 heavy (non-hydrogen) atoms. The van der Waals surface area contributed by atoms with E-state index in [0.29, 0.717) is 13.0 Å². The SMILES string of the molecule is COC(=O)CC(NCc1ccnn1C)c1cccs1. The fourth-order valence-electron chi connectivity index (χ4n) is 1.82. The van der Waals surface area contributed by atoms with E-state index in [2.05, 4.69) is 10.4 Å². The maximum absolute atomic E-state index is 11.5. The molecule has 2 rings (SSSR count). The molecule has 102 valence electrons. The van der Waals surface area contributed by atoms with E-state index < -0.39 is 0 Å². The largest absolute Gasteiger partial charge is 0.469 e. The van der Waals surface area contributed by atoms with E-state index >= 15 is 0 Å². The first-order valence-corrected chi connectivity index (χ1v) is 6.89. The number of methoxy groups -OCH3 is 1. The summed E-state index contributed by atoms with van der Waals surface area (Å²) in [6.07, 6.45) is 2.09. The quantitative estimate of drug-likeness (QED) is 0.820. The summed E-state index contributed by atoms with van der Waals surface area (Å²) in [5.41, 5.74) is 1.08. The highest BCUT2D eigenvalue weighted by atomic mass is 32.1. The van der Waals surface area contributed by atoms with Crippen molar-refractivity contribution in [3.05, 3.63) is 40.3 Å². The van der Waals surface area contributed by atoms with E-state index in [1.165, 1.54) is 7.11 Å². The summed E-state index contributed by atoms with van der Waals surface area (Å²) < 4.78 is 6.56. The van der Waals surface area contributed by atoms with Crippen molar-refractivity contribution in [3.8, 4) is 0 Å². The summed E-state index contributed by atoms with van der Waals surface area (Å²) in [7, 11) is 3.31. The molecule has 1 N–H and O–H groups in total. The number of nitrogens with one attached hydrogen (secondary N) is 1. The molecular formula is C13H17N3O2S. The maximum Gasteiger partial charge on any atom is 0.307 e. The lowest BCUT2D eigenvalue weighted by molar-refractivity contribution is -0.141. The number of aromatic nitrogens is 2. The molecule has 0 aliphatic heterocycles. The number of hydrogen-bond donors (Lipinski definition) is 1. The topological polar surface area (TPSA) is 56.1 Å². The number of nitrogens with zero attached hydrogens (tertiary/aromatic N) is 2. The molecule has 0 aliphatic carbocycles. The normalized spacial score (nSPS) is 12.3. The van der Waals surface area contributed by atoms with Gasteiger partial charge in [-0.2, -0.15) is 5.10 Å². The lowest BCUT2D eigenvalue weighted by atomic mass is 10.1. The van der Waals surface area contributed by atoms with Gasteiger partial charge in [0.1, 0.15) is 0 Å². The number of carbonyl (C=O) groups is 1. The Bertz CT molecular complexity index is 522. The third-order valence-corrected chi connectivity index (χ3v) is 3.92. The average Bonchev–Trinajstić information content (AvgIpc) is 3.06. The van der Waals surface area contributed by atoms with E-state index in [-0.39, 0.29) is 12.0 Å². The van der Waals surface area contributed by atoms with Crippen LogP contribution in [0.25, 0.3) is 0 Å². The molecule has 1 unspecified atom stereocenters. The van der Waals surface area contributed by atoms with Crippen molar-refractivity contribution in [3.63, 3.8) is 0 Å². The van der Waals surface area contributed by atoms with Gasteiger partial charge in [0, 0.05) is 24.7 Å². The zero-order valence-electron chi connectivity index (χ0n) is 11.0. The fraction of sp³-hybridized carbons (Fsp3) is 0.385. The van der Waals surface area contributed by atoms with Gasteiger partial charge in [0.15, 0.2) is 0 Å². The Kier molecular flexibility index (Phi) is 4.70. The zero-order valence-corrected chi connectivity index (χ0v) is 11.8. The molecule has 0 amide bonds. The molecule has 0 saturated heterocycles. The van der Waals surface area contributed by atoms with Crippen LogP contribution in [0.5, 0.6) is 0 Å². The van der Waals surface area contributed by atoms with Crippen molar-refractivity contribution in [2.24, 2.45) is 7.05 Å². The third-order valence-electron chi connectivity index (χ3n) is 2.94. The van der Waals surface area contributed by atoms with Crippen LogP contribution in [0, 0.1) is 0 Å².